The standard InChI is InChI=1S/4C28H26N6O/c4*1-19(22-10-8-21(14-29)9-11-22)15-33-27(23-6-4-3-5-7-23)28(35)34-26-13-12-24(16-32-26)25-17-30-20(2)31-18-25/h4*3-13,16-19,27,33H,15H2,1-2H3,(H,32,34,35)/t2*19-,27+;2*19-,27-/m1010/s1. The highest BCUT2D eigenvalue weighted by Gasteiger charge is 2.28. The normalized spacial score (nSPS) is 12.4. The molecule has 0 spiro atoms. The second-order valence-electron chi connectivity index (χ2n) is 33.3. The van der Waals surface area contributed by atoms with E-state index in [4.69, 9.17) is 21.0 Å². The van der Waals surface area contributed by atoms with Gasteiger partial charge in [0, 0.05) is 145 Å². The van der Waals surface area contributed by atoms with E-state index < -0.39 is 24.2 Å². The Morgan fingerprint density at radius 3 is 0.550 bits per heavy atom. The van der Waals surface area contributed by atoms with Crippen molar-refractivity contribution in [3.05, 3.63) is 431 Å². The van der Waals surface area contributed by atoms with Crippen molar-refractivity contribution in [2.75, 3.05) is 47.4 Å². The first-order chi connectivity index (χ1) is 68.1. The first-order valence-electron chi connectivity index (χ1n) is 45.5. The number of amides is 4. The molecule has 0 aliphatic heterocycles. The summed E-state index contributed by atoms with van der Waals surface area (Å²) in [6.07, 6.45) is 20.8. The number of hydrogen-bond acceptors (Lipinski definition) is 24. The van der Waals surface area contributed by atoms with Crippen LogP contribution in [0.2, 0.25) is 0 Å². The molecule has 8 aromatic carbocycles. The highest BCUT2D eigenvalue weighted by atomic mass is 16.2. The zero-order valence-electron chi connectivity index (χ0n) is 78.6. The maximum absolute atomic E-state index is 13.3. The lowest BCUT2D eigenvalue weighted by Gasteiger charge is -2.21. The molecule has 28 heteroatoms. The molecule has 0 fully saturated rings. The van der Waals surface area contributed by atoms with Gasteiger partial charge in [-0.3, -0.25) is 19.2 Å². The lowest BCUT2D eigenvalue weighted by Crippen LogP contribution is -2.35. The van der Waals surface area contributed by atoms with E-state index in [-0.39, 0.29) is 47.3 Å². The third kappa shape index (κ3) is 29.2. The zero-order valence-corrected chi connectivity index (χ0v) is 78.6. The van der Waals surface area contributed by atoms with Crippen molar-refractivity contribution in [2.24, 2.45) is 0 Å². The third-order valence-electron chi connectivity index (χ3n) is 23.0. The van der Waals surface area contributed by atoms with Crippen LogP contribution in [0.1, 0.15) is 166 Å². The molecule has 8 heterocycles. The molecule has 28 nitrogen and oxygen atoms in total. The number of anilines is 4. The molecule has 0 radical (unpaired) electrons. The zero-order chi connectivity index (χ0) is 98.5. The van der Waals surface area contributed by atoms with Gasteiger partial charge in [0.15, 0.2) is 0 Å². The van der Waals surface area contributed by atoms with Crippen LogP contribution in [0, 0.1) is 73.0 Å². The van der Waals surface area contributed by atoms with Crippen LogP contribution in [0.25, 0.3) is 44.5 Å². The molecule has 0 bridgehead atoms. The average Bonchev–Trinajstić information content (AvgIpc) is 0.840. The molecule has 696 valence electrons. The second-order valence-corrected chi connectivity index (χ2v) is 33.3. The summed E-state index contributed by atoms with van der Waals surface area (Å²) >= 11 is 0. The van der Waals surface area contributed by atoms with Crippen molar-refractivity contribution in [2.45, 2.75) is 103 Å². The van der Waals surface area contributed by atoms with Gasteiger partial charge < -0.3 is 42.5 Å². The van der Waals surface area contributed by atoms with Crippen LogP contribution in [-0.4, -0.2) is 110 Å². The predicted octanol–water partition coefficient (Wildman–Crippen LogP) is 19.2. The van der Waals surface area contributed by atoms with Gasteiger partial charge in [0.2, 0.25) is 23.6 Å². The van der Waals surface area contributed by atoms with Crippen molar-refractivity contribution in [3.8, 4) is 68.8 Å². The predicted molar refractivity (Wildman–Crippen MR) is 542 cm³/mol. The van der Waals surface area contributed by atoms with Crippen LogP contribution < -0.4 is 42.5 Å². The number of aryl methyl sites for hydroxylation is 4. The van der Waals surface area contributed by atoms with Crippen LogP contribution in [0.3, 0.4) is 0 Å². The summed E-state index contributed by atoms with van der Waals surface area (Å²) in [6, 6.07) is 89.5. The number of carbonyl (C=O) groups is 4. The topological polar surface area (TPSA) is 414 Å². The van der Waals surface area contributed by atoms with Crippen LogP contribution in [0.5, 0.6) is 0 Å². The average molecular weight is 1850 g/mol. The number of hydrogen-bond donors (Lipinski definition) is 8. The van der Waals surface area contributed by atoms with Gasteiger partial charge >= 0.3 is 0 Å². The molecule has 16 rings (SSSR count). The Labute approximate surface area is 814 Å². The first kappa shape index (κ1) is 99.8. The summed E-state index contributed by atoms with van der Waals surface area (Å²) < 4.78 is 0. The highest BCUT2D eigenvalue weighted by Crippen LogP contribution is 2.30. The number of carbonyl (C=O) groups excluding carboxylic acids is 4. The molecule has 8 atom stereocenters. The summed E-state index contributed by atoms with van der Waals surface area (Å²) in [5.74, 6) is 4.52. The molecule has 8 aromatic heterocycles. The molecule has 0 unspecified atom stereocenters. The van der Waals surface area contributed by atoms with Gasteiger partial charge in [-0.1, -0.05) is 198 Å². The van der Waals surface area contributed by atoms with Crippen molar-refractivity contribution in [1.82, 2.24) is 81.1 Å². The lowest BCUT2D eigenvalue weighted by molar-refractivity contribution is -0.119. The lowest BCUT2D eigenvalue weighted by atomic mass is 9.98. The summed E-state index contributed by atoms with van der Waals surface area (Å²) in [4.78, 5) is 104. The molecular weight excluding hydrogens is 1750 g/mol. The molecule has 4 amide bonds. The van der Waals surface area contributed by atoms with Gasteiger partial charge in [0.05, 0.1) is 46.5 Å². The number of aromatic nitrogens is 12. The highest BCUT2D eigenvalue weighted by molar-refractivity contribution is 5.97. The van der Waals surface area contributed by atoms with E-state index in [2.05, 4.69) is 154 Å². The van der Waals surface area contributed by atoms with E-state index in [1.54, 1.807) is 98.6 Å². The van der Waals surface area contributed by atoms with E-state index in [0.29, 0.717) is 95.0 Å². The minimum atomic E-state index is -0.552. The second kappa shape index (κ2) is 50.6. The Kier molecular flexibility index (Phi) is 36.1. The van der Waals surface area contributed by atoms with E-state index in [0.717, 1.165) is 89.0 Å². The third-order valence-corrected chi connectivity index (χ3v) is 23.0. The fourth-order valence-electron chi connectivity index (χ4n) is 14.7. The van der Waals surface area contributed by atoms with E-state index in [1.165, 1.54) is 0 Å². The van der Waals surface area contributed by atoms with Gasteiger partial charge in [-0.05, 0) is 193 Å². The van der Waals surface area contributed by atoms with E-state index in [9.17, 15) is 19.2 Å². The van der Waals surface area contributed by atoms with Crippen LogP contribution in [-0.2, 0) is 19.2 Å². The summed E-state index contributed by atoms with van der Waals surface area (Å²) in [5.41, 5.74) is 17.3. The van der Waals surface area contributed by atoms with Crippen LogP contribution in [0.4, 0.5) is 23.3 Å². The van der Waals surface area contributed by atoms with Crippen molar-refractivity contribution >= 4 is 46.9 Å². The number of pyridine rings is 4. The van der Waals surface area contributed by atoms with E-state index in [1.807, 2.05) is 270 Å². The summed E-state index contributed by atoms with van der Waals surface area (Å²) in [6.45, 7) is 18.0. The van der Waals surface area contributed by atoms with Crippen LogP contribution in [0.15, 0.2) is 341 Å². The Balaban J connectivity index is 0.000000157. The van der Waals surface area contributed by atoms with Crippen molar-refractivity contribution in [3.63, 3.8) is 0 Å². The number of nitriles is 4. The Morgan fingerprint density at radius 1 is 0.221 bits per heavy atom. The minimum Gasteiger partial charge on any atom is -0.309 e. The van der Waals surface area contributed by atoms with Gasteiger partial charge in [0.1, 0.15) is 70.7 Å². The van der Waals surface area contributed by atoms with Gasteiger partial charge in [-0.2, -0.15) is 21.0 Å². The number of nitrogens with zero attached hydrogens (tertiary/aromatic N) is 16. The van der Waals surface area contributed by atoms with Gasteiger partial charge in [0.25, 0.3) is 0 Å². The number of benzene rings is 8. The largest absolute Gasteiger partial charge is 0.309 e. The molecule has 0 aliphatic rings. The smallest absolute Gasteiger partial charge is 0.247 e. The Morgan fingerprint density at radius 2 is 0.393 bits per heavy atom. The minimum absolute atomic E-state index is 0.149. The molecular formula is C112H104N24O4. The fraction of sp³-hybridized carbons (Fsp3) is 0.179. The molecule has 16 aromatic rings. The van der Waals surface area contributed by atoms with E-state index >= 15 is 0 Å². The number of nitrogens with one attached hydrogen (secondary N) is 8. The molecule has 0 saturated carbocycles. The van der Waals surface area contributed by atoms with Gasteiger partial charge in [-0.15, -0.1) is 0 Å². The Hall–Kier alpha value is -17.6. The van der Waals surface area contributed by atoms with Crippen molar-refractivity contribution in [1.29, 1.82) is 21.0 Å². The maximum Gasteiger partial charge on any atom is 0.247 e. The molecule has 140 heavy (non-hydrogen) atoms. The molecule has 0 saturated heterocycles. The summed E-state index contributed by atoms with van der Waals surface area (Å²) in [7, 11) is 0. The maximum atomic E-state index is 13.3. The first-order valence-corrected chi connectivity index (χ1v) is 45.5. The molecule has 8 N–H and O–H groups in total. The number of rotatable bonds is 32. The van der Waals surface area contributed by atoms with Crippen LogP contribution >= 0.6 is 0 Å². The van der Waals surface area contributed by atoms with Crippen molar-refractivity contribution < 1.29 is 19.2 Å². The SMILES string of the molecule is Cc1ncc(-c2ccc(NC(=O)[C@@H](NC[C@@H](C)c3ccc(C#N)cc3)c3ccccc3)nc2)cn1.Cc1ncc(-c2ccc(NC(=O)[C@@H](NC[C@H](C)c3ccc(C#N)cc3)c3ccccc3)nc2)cn1.Cc1ncc(-c2ccc(NC(=O)[C@H](NC[C@@H](C)c3ccc(C#N)cc3)c3ccccc3)nc2)cn1.Cc1ncc(-c2ccc(NC(=O)[C@H](NC[C@H](C)c3ccc(C#N)cc3)c3ccccc3)nc2)cn1. The van der Waals surface area contributed by atoms with Gasteiger partial charge in [-0.25, -0.2) is 59.8 Å². The monoisotopic (exact) mass is 1850 g/mol. The Bertz CT molecular complexity index is 6030. The fourth-order valence-corrected chi connectivity index (χ4v) is 14.7. The summed E-state index contributed by atoms with van der Waals surface area (Å²) in [5, 5.41) is 61.4. The quantitative estimate of drug-likeness (QED) is 0.0194. The molecule has 0 aliphatic carbocycles.